The zero-order chi connectivity index (χ0) is 10.8. The molecule has 2 heteroatoms. The molecule has 2 rings (SSSR count). The molecule has 0 unspecified atom stereocenters. The number of benzene rings is 2. The highest BCUT2D eigenvalue weighted by molar-refractivity contribution is 5.63. The maximum atomic E-state index is 13.0. The molecule has 0 saturated heterocycles. The quantitative estimate of drug-likeness (QED) is 0.660. The lowest BCUT2D eigenvalue weighted by atomic mass is 10.0. The van der Waals surface area contributed by atoms with Gasteiger partial charge >= 0.3 is 0 Å². The Hall–Kier alpha value is -1.70. The summed E-state index contributed by atoms with van der Waals surface area (Å²) in [5, 5.41) is 0. The van der Waals surface area contributed by atoms with Crippen LogP contribution in [-0.2, 0) is 0 Å². The summed E-state index contributed by atoms with van der Waals surface area (Å²) in [7, 11) is 0. The third-order valence-corrected chi connectivity index (χ3v) is 2.25. The van der Waals surface area contributed by atoms with Gasteiger partial charge in [-0.2, -0.15) is 0 Å². The van der Waals surface area contributed by atoms with Crippen LogP contribution in [0.25, 0.3) is 11.1 Å². The van der Waals surface area contributed by atoms with E-state index in [-0.39, 0.29) is 0 Å². The summed E-state index contributed by atoms with van der Waals surface area (Å²) < 4.78 is 25.9. The number of aryl methyl sites for hydroxylation is 1. The van der Waals surface area contributed by atoms with Crippen molar-refractivity contribution in [1.82, 2.24) is 0 Å². The van der Waals surface area contributed by atoms with Crippen molar-refractivity contribution in [1.29, 1.82) is 0 Å². The normalized spacial score (nSPS) is 10.3. The third kappa shape index (κ3) is 2.21. The second-order valence-electron chi connectivity index (χ2n) is 3.52. The Bertz CT molecular complexity index is 452. The zero-order valence-electron chi connectivity index (χ0n) is 8.30. The van der Waals surface area contributed by atoms with Crippen LogP contribution < -0.4 is 0 Å². The number of hydrogen-bond donors (Lipinski definition) is 0. The number of hydrogen-bond acceptors (Lipinski definition) is 0. The Labute approximate surface area is 87.2 Å². The van der Waals surface area contributed by atoms with E-state index in [1.165, 1.54) is 12.1 Å². The van der Waals surface area contributed by atoms with E-state index >= 15 is 0 Å². The number of rotatable bonds is 1. The molecule has 0 spiro atoms. The van der Waals surface area contributed by atoms with Gasteiger partial charge in [-0.25, -0.2) is 8.78 Å². The van der Waals surface area contributed by atoms with Crippen LogP contribution in [0.3, 0.4) is 0 Å². The van der Waals surface area contributed by atoms with Crippen molar-refractivity contribution >= 4 is 0 Å². The van der Waals surface area contributed by atoms with Gasteiger partial charge in [0.1, 0.15) is 11.6 Å². The fraction of sp³-hybridized carbons (Fsp3) is 0.0769. The van der Waals surface area contributed by atoms with Crippen molar-refractivity contribution < 1.29 is 8.78 Å². The summed E-state index contributed by atoms with van der Waals surface area (Å²) in [6.07, 6.45) is 0. The summed E-state index contributed by atoms with van der Waals surface area (Å²) in [5.41, 5.74) is 2.50. The Balaban J connectivity index is 2.49. The highest BCUT2D eigenvalue weighted by atomic mass is 19.1. The van der Waals surface area contributed by atoms with Crippen LogP contribution in [0.1, 0.15) is 5.56 Å². The molecule has 0 saturated carbocycles. The van der Waals surface area contributed by atoms with E-state index < -0.39 is 11.6 Å². The lowest BCUT2D eigenvalue weighted by molar-refractivity contribution is 0.584. The van der Waals surface area contributed by atoms with Crippen molar-refractivity contribution in [3.8, 4) is 11.1 Å². The monoisotopic (exact) mass is 204 g/mol. The van der Waals surface area contributed by atoms with E-state index in [2.05, 4.69) is 0 Å². The van der Waals surface area contributed by atoms with Crippen molar-refractivity contribution in [2.24, 2.45) is 0 Å². The second-order valence-corrected chi connectivity index (χ2v) is 3.52. The topological polar surface area (TPSA) is 0 Å². The minimum Gasteiger partial charge on any atom is -0.207 e. The molecule has 0 radical (unpaired) electrons. The van der Waals surface area contributed by atoms with Gasteiger partial charge in [0, 0.05) is 6.07 Å². The maximum Gasteiger partial charge on any atom is 0.126 e. The van der Waals surface area contributed by atoms with Gasteiger partial charge in [-0.3, -0.25) is 0 Å². The predicted octanol–water partition coefficient (Wildman–Crippen LogP) is 3.94. The largest absolute Gasteiger partial charge is 0.207 e. The minimum atomic E-state index is -0.550. The zero-order valence-corrected chi connectivity index (χ0v) is 8.30. The first kappa shape index (κ1) is 9.84. The van der Waals surface area contributed by atoms with Crippen molar-refractivity contribution in [3.63, 3.8) is 0 Å². The van der Waals surface area contributed by atoms with E-state index in [1.54, 1.807) is 0 Å². The van der Waals surface area contributed by atoms with Gasteiger partial charge in [0.05, 0.1) is 0 Å². The van der Waals surface area contributed by atoms with Crippen LogP contribution >= 0.6 is 0 Å². The van der Waals surface area contributed by atoms with E-state index in [4.69, 9.17) is 0 Å². The van der Waals surface area contributed by atoms with Gasteiger partial charge in [0.25, 0.3) is 0 Å². The van der Waals surface area contributed by atoms with Gasteiger partial charge in [-0.05, 0) is 30.2 Å². The van der Waals surface area contributed by atoms with E-state index in [1.807, 2.05) is 31.2 Å². The first-order valence-corrected chi connectivity index (χ1v) is 4.68. The fourth-order valence-corrected chi connectivity index (χ4v) is 1.47. The molecule has 0 amide bonds. The molecular formula is C13H10F2. The summed E-state index contributed by atoms with van der Waals surface area (Å²) in [6, 6.07) is 11.1. The Kier molecular flexibility index (Phi) is 2.50. The standard InChI is InChI=1S/C13H10F2/c1-9-2-4-10(5-3-9)11-6-12(14)8-13(15)7-11/h2-8H,1H3. The van der Waals surface area contributed by atoms with Gasteiger partial charge in [0.2, 0.25) is 0 Å². The molecule has 0 aliphatic carbocycles. The molecular weight excluding hydrogens is 194 g/mol. The molecule has 0 nitrogen and oxygen atoms in total. The molecule has 0 aliphatic heterocycles. The second kappa shape index (κ2) is 3.81. The minimum absolute atomic E-state index is 0.550. The predicted molar refractivity (Wildman–Crippen MR) is 56.5 cm³/mol. The molecule has 15 heavy (non-hydrogen) atoms. The lowest BCUT2D eigenvalue weighted by Gasteiger charge is -2.02. The Morgan fingerprint density at radius 1 is 0.733 bits per heavy atom. The average Bonchev–Trinajstić information content (AvgIpc) is 2.17. The molecule has 0 fully saturated rings. The molecule has 0 bridgehead atoms. The summed E-state index contributed by atoms with van der Waals surface area (Å²) >= 11 is 0. The molecule has 2 aromatic rings. The SMILES string of the molecule is Cc1ccc(-c2cc(F)cc(F)c2)cc1. The highest BCUT2D eigenvalue weighted by Gasteiger charge is 2.02. The van der Waals surface area contributed by atoms with Crippen molar-refractivity contribution in [3.05, 3.63) is 59.7 Å². The van der Waals surface area contributed by atoms with Gasteiger partial charge in [0.15, 0.2) is 0 Å². The molecule has 0 heterocycles. The molecule has 0 aliphatic rings. The average molecular weight is 204 g/mol. The Morgan fingerprint density at radius 2 is 1.27 bits per heavy atom. The van der Waals surface area contributed by atoms with E-state index in [9.17, 15) is 8.78 Å². The first-order valence-electron chi connectivity index (χ1n) is 4.68. The van der Waals surface area contributed by atoms with Gasteiger partial charge in [-0.1, -0.05) is 29.8 Å². The smallest absolute Gasteiger partial charge is 0.126 e. The van der Waals surface area contributed by atoms with Crippen molar-refractivity contribution in [2.75, 3.05) is 0 Å². The van der Waals surface area contributed by atoms with E-state index in [0.717, 1.165) is 17.2 Å². The molecule has 0 N–H and O–H groups in total. The number of halogens is 2. The first-order chi connectivity index (χ1) is 7.15. The van der Waals surface area contributed by atoms with Crippen LogP contribution in [0.15, 0.2) is 42.5 Å². The van der Waals surface area contributed by atoms with Gasteiger partial charge < -0.3 is 0 Å². The van der Waals surface area contributed by atoms with Crippen LogP contribution in [0.4, 0.5) is 8.78 Å². The fourth-order valence-electron chi connectivity index (χ4n) is 1.47. The molecule has 76 valence electrons. The Morgan fingerprint density at radius 3 is 1.80 bits per heavy atom. The summed E-state index contributed by atoms with van der Waals surface area (Å²) in [6.45, 7) is 1.97. The van der Waals surface area contributed by atoms with Gasteiger partial charge in [-0.15, -0.1) is 0 Å². The summed E-state index contributed by atoms with van der Waals surface area (Å²) in [5.74, 6) is -1.10. The summed E-state index contributed by atoms with van der Waals surface area (Å²) in [4.78, 5) is 0. The van der Waals surface area contributed by atoms with Crippen LogP contribution in [0, 0.1) is 18.6 Å². The third-order valence-electron chi connectivity index (χ3n) is 2.25. The lowest BCUT2D eigenvalue weighted by Crippen LogP contribution is -1.84. The molecule has 2 aromatic carbocycles. The molecule has 0 atom stereocenters. The van der Waals surface area contributed by atoms with Crippen molar-refractivity contribution in [2.45, 2.75) is 6.92 Å². The van der Waals surface area contributed by atoms with Crippen LogP contribution in [0.2, 0.25) is 0 Å². The highest BCUT2D eigenvalue weighted by Crippen LogP contribution is 2.21. The van der Waals surface area contributed by atoms with Crippen LogP contribution in [0.5, 0.6) is 0 Å². The van der Waals surface area contributed by atoms with E-state index in [0.29, 0.717) is 5.56 Å². The van der Waals surface area contributed by atoms with Crippen LogP contribution in [-0.4, -0.2) is 0 Å². The molecule has 0 aromatic heterocycles. The maximum absolute atomic E-state index is 13.0.